The van der Waals surface area contributed by atoms with Gasteiger partial charge in [-0.2, -0.15) is 0 Å². The lowest BCUT2D eigenvalue weighted by Gasteiger charge is -2.33. The Hall–Kier alpha value is -2.90. The number of carbonyl (C=O) groups is 1. The summed E-state index contributed by atoms with van der Waals surface area (Å²) in [6.07, 6.45) is 0.795. The first-order valence-corrected chi connectivity index (χ1v) is 8.24. The predicted octanol–water partition coefficient (Wildman–Crippen LogP) is 0.990. The van der Waals surface area contributed by atoms with Crippen molar-refractivity contribution in [1.29, 1.82) is 0 Å². The van der Waals surface area contributed by atoms with Gasteiger partial charge in [-0.05, 0) is 35.4 Å². The van der Waals surface area contributed by atoms with Crippen LogP contribution in [0.1, 0.15) is 18.1 Å². The molecule has 3 heterocycles. The number of ether oxygens (including phenoxy) is 1. The van der Waals surface area contributed by atoms with E-state index in [2.05, 4.69) is 21.6 Å². The van der Waals surface area contributed by atoms with Crippen molar-refractivity contribution in [3.63, 3.8) is 0 Å². The Kier molecular flexibility index (Phi) is 3.67. The standard InChI is InChI=1S/C17H20N6O2/c1-11-14(10-23-17(21(11)2)18-19-20-23)16(24)22-8-7-13-12(9-22)5-4-6-15(13)25-3/h4-6H,7-10H2,1-3H3. The Bertz CT molecular complexity index is 872. The lowest BCUT2D eigenvalue weighted by atomic mass is 9.97. The van der Waals surface area contributed by atoms with E-state index in [0.29, 0.717) is 25.6 Å². The monoisotopic (exact) mass is 340 g/mol. The van der Waals surface area contributed by atoms with Gasteiger partial charge >= 0.3 is 0 Å². The van der Waals surface area contributed by atoms with E-state index < -0.39 is 0 Å². The highest BCUT2D eigenvalue weighted by Gasteiger charge is 2.31. The van der Waals surface area contributed by atoms with E-state index in [1.165, 1.54) is 5.56 Å². The molecule has 25 heavy (non-hydrogen) atoms. The molecule has 0 atom stereocenters. The highest BCUT2D eigenvalue weighted by molar-refractivity contribution is 5.95. The second kappa shape index (κ2) is 5.87. The van der Waals surface area contributed by atoms with Crippen molar-refractivity contribution in [2.24, 2.45) is 0 Å². The topological polar surface area (TPSA) is 76.4 Å². The van der Waals surface area contributed by atoms with Gasteiger partial charge in [0.15, 0.2) is 0 Å². The second-order valence-electron chi connectivity index (χ2n) is 6.33. The molecule has 0 saturated heterocycles. The molecule has 1 aromatic carbocycles. The van der Waals surface area contributed by atoms with Crippen molar-refractivity contribution in [3.8, 4) is 5.75 Å². The average Bonchev–Trinajstić information content (AvgIpc) is 3.11. The van der Waals surface area contributed by atoms with Crippen molar-refractivity contribution < 1.29 is 9.53 Å². The molecule has 0 aliphatic carbocycles. The third-order valence-corrected chi connectivity index (χ3v) is 5.05. The molecule has 0 unspecified atom stereocenters. The number of allylic oxidation sites excluding steroid dienone is 1. The van der Waals surface area contributed by atoms with Crippen LogP contribution in [0.5, 0.6) is 5.75 Å². The molecule has 2 aliphatic heterocycles. The van der Waals surface area contributed by atoms with Gasteiger partial charge < -0.3 is 14.5 Å². The molecular weight excluding hydrogens is 320 g/mol. The first kappa shape index (κ1) is 15.6. The number of hydrogen-bond acceptors (Lipinski definition) is 6. The molecule has 2 aliphatic rings. The number of tetrazole rings is 1. The maximum atomic E-state index is 13.1. The fraction of sp³-hybridized carbons (Fsp3) is 0.412. The number of rotatable bonds is 2. The summed E-state index contributed by atoms with van der Waals surface area (Å²) in [4.78, 5) is 16.9. The fourth-order valence-electron chi connectivity index (χ4n) is 3.51. The molecule has 4 rings (SSSR count). The summed E-state index contributed by atoms with van der Waals surface area (Å²) in [5, 5.41) is 11.7. The molecule has 2 aromatic rings. The summed E-state index contributed by atoms with van der Waals surface area (Å²) in [6.45, 7) is 3.61. The highest BCUT2D eigenvalue weighted by atomic mass is 16.5. The van der Waals surface area contributed by atoms with Crippen LogP contribution in [0.15, 0.2) is 29.5 Å². The summed E-state index contributed by atoms with van der Waals surface area (Å²) < 4.78 is 7.09. The first-order chi connectivity index (χ1) is 12.1. The number of amides is 1. The molecule has 8 heteroatoms. The minimum atomic E-state index is 0.0407. The van der Waals surface area contributed by atoms with E-state index in [1.807, 2.05) is 35.9 Å². The van der Waals surface area contributed by atoms with Gasteiger partial charge in [0.1, 0.15) is 5.75 Å². The SMILES string of the molecule is COc1cccc2c1CCN(C(=O)C1=C(C)N(C)c3nnnn3C1)C2. The molecule has 0 saturated carbocycles. The molecule has 0 fully saturated rings. The number of fused-ring (bicyclic) bond motifs is 2. The highest BCUT2D eigenvalue weighted by Crippen LogP contribution is 2.30. The third kappa shape index (κ3) is 2.45. The number of benzene rings is 1. The zero-order chi connectivity index (χ0) is 17.6. The van der Waals surface area contributed by atoms with Gasteiger partial charge in [-0.3, -0.25) is 4.79 Å². The van der Waals surface area contributed by atoms with E-state index in [9.17, 15) is 4.79 Å². The summed E-state index contributed by atoms with van der Waals surface area (Å²) in [7, 11) is 3.56. The minimum absolute atomic E-state index is 0.0407. The minimum Gasteiger partial charge on any atom is -0.496 e. The summed E-state index contributed by atoms with van der Waals surface area (Å²) in [6, 6.07) is 6.00. The van der Waals surface area contributed by atoms with Gasteiger partial charge in [0.25, 0.3) is 5.91 Å². The van der Waals surface area contributed by atoms with Crippen LogP contribution in [-0.4, -0.2) is 51.7 Å². The fourth-order valence-corrected chi connectivity index (χ4v) is 3.51. The molecule has 8 nitrogen and oxygen atoms in total. The largest absolute Gasteiger partial charge is 0.496 e. The number of nitrogens with zero attached hydrogens (tertiary/aromatic N) is 6. The molecule has 0 bridgehead atoms. The maximum absolute atomic E-state index is 13.1. The van der Waals surface area contributed by atoms with Crippen molar-refractivity contribution in [2.45, 2.75) is 26.4 Å². The molecule has 0 radical (unpaired) electrons. The number of methoxy groups -OCH3 is 1. The quantitative estimate of drug-likeness (QED) is 0.811. The third-order valence-electron chi connectivity index (χ3n) is 5.05. The summed E-state index contributed by atoms with van der Waals surface area (Å²) in [5.41, 5.74) is 3.96. The smallest absolute Gasteiger partial charge is 0.253 e. The van der Waals surface area contributed by atoms with E-state index in [-0.39, 0.29) is 5.91 Å². The van der Waals surface area contributed by atoms with Crippen LogP contribution >= 0.6 is 0 Å². The normalized spacial score (nSPS) is 16.6. The molecule has 0 spiro atoms. The number of anilines is 1. The second-order valence-corrected chi connectivity index (χ2v) is 6.33. The van der Waals surface area contributed by atoms with Gasteiger partial charge in [0.2, 0.25) is 5.95 Å². The van der Waals surface area contributed by atoms with Gasteiger partial charge in [-0.25, -0.2) is 4.68 Å². The van der Waals surface area contributed by atoms with Crippen molar-refractivity contribution in [1.82, 2.24) is 25.1 Å². The van der Waals surface area contributed by atoms with Crippen molar-refractivity contribution >= 4 is 11.9 Å². The summed E-state index contributed by atoms with van der Waals surface area (Å²) in [5.74, 6) is 1.59. The predicted molar refractivity (Wildman–Crippen MR) is 91.0 cm³/mol. The van der Waals surface area contributed by atoms with E-state index in [0.717, 1.165) is 29.0 Å². The Morgan fingerprint density at radius 3 is 2.92 bits per heavy atom. The first-order valence-electron chi connectivity index (χ1n) is 8.24. The number of aromatic nitrogens is 4. The molecule has 1 amide bonds. The number of hydrogen-bond donors (Lipinski definition) is 0. The zero-order valence-electron chi connectivity index (χ0n) is 14.6. The lowest BCUT2D eigenvalue weighted by molar-refractivity contribution is -0.128. The van der Waals surface area contributed by atoms with Gasteiger partial charge in [-0.15, -0.1) is 0 Å². The van der Waals surface area contributed by atoms with Crippen LogP contribution in [0.3, 0.4) is 0 Å². The zero-order valence-corrected chi connectivity index (χ0v) is 14.6. The van der Waals surface area contributed by atoms with Gasteiger partial charge in [-0.1, -0.05) is 17.2 Å². The van der Waals surface area contributed by atoms with Crippen LogP contribution in [0.2, 0.25) is 0 Å². The Morgan fingerprint density at radius 2 is 2.12 bits per heavy atom. The van der Waals surface area contributed by atoms with Crippen molar-refractivity contribution in [3.05, 3.63) is 40.6 Å². The molecule has 1 aromatic heterocycles. The van der Waals surface area contributed by atoms with E-state index in [1.54, 1.807) is 11.8 Å². The average molecular weight is 340 g/mol. The Balaban J connectivity index is 1.61. The van der Waals surface area contributed by atoms with Gasteiger partial charge in [0.05, 0.1) is 19.2 Å². The maximum Gasteiger partial charge on any atom is 0.253 e. The molecule has 130 valence electrons. The van der Waals surface area contributed by atoms with Crippen LogP contribution in [0, 0.1) is 0 Å². The number of carbonyl (C=O) groups excluding carboxylic acids is 1. The summed E-state index contributed by atoms with van der Waals surface area (Å²) >= 11 is 0. The van der Waals surface area contributed by atoms with E-state index in [4.69, 9.17) is 4.74 Å². The van der Waals surface area contributed by atoms with E-state index >= 15 is 0 Å². The van der Waals surface area contributed by atoms with Crippen LogP contribution in [0.4, 0.5) is 5.95 Å². The van der Waals surface area contributed by atoms with Crippen LogP contribution in [0.25, 0.3) is 0 Å². The van der Waals surface area contributed by atoms with Crippen molar-refractivity contribution in [2.75, 3.05) is 25.6 Å². The van der Waals surface area contributed by atoms with Crippen LogP contribution in [-0.2, 0) is 24.3 Å². The molecular formula is C17H20N6O2. The lowest BCUT2D eigenvalue weighted by Crippen LogP contribution is -2.40. The Morgan fingerprint density at radius 1 is 1.28 bits per heavy atom. The molecule has 0 N–H and O–H groups in total. The van der Waals surface area contributed by atoms with Gasteiger partial charge in [0, 0.05) is 31.4 Å². The Labute approximate surface area is 145 Å². The van der Waals surface area contributed by atoms with Crippen LogP contribution < -0.4 is 9.64 Å².